The standard InChI is InChI=1S/C21H29N5/c1-25(20-9-4-6-17-7-5-11-24-21(17)20)14-19-16-26(13-12-23-19)15-18-8-2-3-10-22-18/h2-3,5,7-8,10-11,19-20,23H,4,6,9,12-16H2,1H3/t19?,20-/m0/s1. The average molecular weight is 351 g/mol. The van der Waals surface area contributed by atoms with Gasteiger partial charge in [0.2, 0.25) is 0 Å². The molecule has 1 saturated heterocycles. The van der Waals surface area contributed by atoms with Gasteiger partial charge in [-0.05, 0) is 50.1 Å². The van der Waals surface area contributed by atoms with Crippen LogP contribution in [0.4, 0.5) is 0 Å². The second-order valence-electron chi connectivity index (χ2n) is 7.60. The molecule has 138 valence electrons. The molecule has 5 nitrogen and oxygen atoms in total. The summed E-state index contributed by atoms with van der Waals surface area (Å²) >= 11 is 0. The van der Waals surface area contributed by atoms with E-state index in [2.05, 4.69) is 51.4 Å². The van der Waals surface area contributed by atoms with E-state index in [1.165, 1.54) is 30.5 Å². The van der Waals surface area contributed by atoms with Crippen molar-refractivity contribution >= 4 is 0 Å². The maximum absolute atomic E-state index is 4.70. The lowest BCUT2D eigenvalue weighted by atomic mass is 9.91. The summed E-state index contributed by atoms with van der Waals surface area (Å²) < 4.78 is 0. The Hall–Kier alpha value is -1.82. The molecular formula is C21H29N5. The fourth-order valence-electron chi connectivity index (χ4n) is 4.37. The van der Waals surface area contributed by atoms with Crippen molar-refractivity contribution in [2.45, 2.75) is 37.9 Å². The van der Waals surface area contributed by atoms with Crippen molar-refractivity contribution in [2.24, 2.45) is 0 Å². The smallest absolute Gasteiger partial charge is 0.0607 e. The van der Waals surface area contributed by atoms with Gasteiger partial charge >= 0.3 is 0 Å². The molecule has 5 heteroatoms. The lowest BCUT2D eigenvalue weighted by Crippen LogP contribution is -2.54. The predicted octanol–water partition coefficient (Wildman–Crippen LogP) is 2.26. The molecule has 1 N–H and O–H groups in total. The number of aryl methyl sites for hydroxylation is 1. The molecule has 0 amide bonds. The van der Waals surface area contributed by atoms with Crippen LogP contribution in [-0.4, -0.2) is 59.0 Å². The van der Waals surface area contributed by atoms with Crippen molar-refractivity contribution < 1.29 is 0 Å². The van der Waals surface area contributed by atoms with E-state index in [9.17, 15) is 0 Å². The van der Waals surface area contributed by atoms with E-state index in [4.69, 9.17) is 4.98 Å². The van der Waals surface area contributed by atoms with Gasteiger partial charge in [0.25, 0.3) is 0 Å². The second-order valence-corrected chi connectivity index (χ2v) is 7.60. The Morgan fingerprint density at radius 3 is 3.00 bits per heavy atom. The van der Waals surface area contributed by atoms with E-state index in [-0.39, 0.29) is 0 Å². The summed E-state index contributed by atoms with van der Waals surface area (Å²) in [5, 5.41) is 3.70. The summed E-state index contributed by atoms with van der Waals surface area (Å²) in [6.07, 6.45) is 7.48. The third-order valence-corrected chi connectivity index (χ3v) is 5.66. The number of nitrogens with one attached hydrogen (secondary N) is 1. The Balaban J connectivity index is 1.36. The van der Waals surface area contributed by atoms with Gasteiger partial charge in [-0.25, -0.2) is 0 Å². The van der Waals surface area contributed by atoms with Crippen molar-refractivity contribution in [1.82, 2.24) is 25.1 Å². The first-order valence-corrected chi connectivity index (χ1v) is 9.79. The maximum atomic E-state index is 4.70. The van der Waals surface area contributed by atoms with Crippen molar-refractivity contribution in [3.8, 4) is 0 Å². The third kappa shape index (κ3) is 4.11. The van der Waals surface area contributed by atoms with E-state index in [1.54, 1.807) is 0 Å². The van der Waals surface area contributed by atoms with Crippen molar-refractivity contribution in [3.05, 3.63) is 59.7 Å². The van der Waals surface area contributed by atoms with Crippen molar-refractivity contribution in [2.75, 3.05) is 33.2 Å². The summed E-state index contributed by atoms with van der Waals surface area (Å²) in [5.74, 6) is 0. The van der Waals surface area contributed by atoms with Gasteiger partial charge in [0.15, 0.2) is 0 Å². The molecule has 0 spiro atoms. The number of rotatable bonds is 5. The number of likely N-dealkylation sites (N-methyl/N-ethyl adjacent to an activating group) is 1. The first kappa shape index (κ1) is 17.6. The van der Waals surface area contributed by atoms with Gasteiger partial charge < -0.3 is 5.32 Å². The SMILES string of the molecule is CN(CC1CN(Cc2ccccn2)CCN1)[C@H]1CCCc2cccnc21. The Labute approximate surface area is 156 Å². The van der Waals surface area contributed by atoms with Crippen LogP contribution >= 0.6 is 0 Å². The Bertz CT molecular complexity index is 705. The van der Waals surface area contributed by atoms with Gasteiger partial charge in [-0.3, -0.25) is 19.8 Å². The van der Waals surface area contributed by atoms with Gasteiger partial charge in [0, 0.05) is 51.2 Å². The molecule has 0 bridgehead atoms. The number of piperazine rings is 1. The van der Waals surface area contributed by atoms with Crippen LogP contribution in [-0.2, 0) is 13.0 Å². The minimum atomic E-state index is 0.452. The van der Waals surface area contributed by atoms with E-state index >= 15 is 0 Å². The van der Waals surface area contributed by atoms with Crippen LogP contribution in [0.25, 0.3) is 0 Å². The van der Waals surface area contributed by atoms with Gasteiger partial charge in [-0.1, -0.05) is 12.1 Å². The van der Waals surface area contributed by atoms with Crippen LogP contribution in [0, 0.1) is 0 Å². The molecule has 0 saturated carbocycles. The molecule has 3 heterocycles. The van der Waals surface area contributed by atoms with Crippen molar-refractivity contribution in [3.63, 3.8) is 0 Å². The molecule has 2 aromatic heterocycles. The highest BCUT2D eigenvalue weighted by Gasteiger charge is 2.28. The minimum absolute atomic E-state index is 0.452. The molecule has 0 radical (unpaired) electrons. The van der Waals surface area contributed by atoms with E-state index in [0.717, 1.165) is 38.4 Å². The summed E-state index contributed by atoms with van der Waals surface area (Å²) in [6, 6.07) is 11.4. The zero-order valence-electron chi connectivity index (χ0n) is 15.6. The molecule has 1 fully saturated rings. The summed E-state index contributed by atoms with van der Waals surface area (Å²) in [7, 11) is 2.26. The first-order chi connectivity index (χ1) is 12.8. The molecule has 26 heavy (non-hydrogen) atoms. The number of pyridine rings is 2. The molecular weight excluding hydrogens is 322 g/mol. The Morgan fingerprint density at radius 2 is 2.12 bits per heavy atom. The van der Waals surface area contributed by atoms with E-state index in [1.807, 2.05) is 18.5 Å². The number of nitrogens with zero attached hydrogens (tertiary/aromatic N) is 4. The van der Waals surface area contributed by atoms with Crippen LogP contribution in [0.2, 0.25) is 0 Å². The summed E-state index contributed by atoms with van der Waals surface area (Å²) in [6.45, 7) is 5.20. The van der Waals surface area contributed by atoms with Crippen LogP contribution in [0.1, 0.15) is 35.8 Å². The zero-order valence-corrected chi connectivity index (χ0v) is 15.6. The maximum Gasteiger partial charge on any atom is 0.0607 e. The molecule has 1 aliphatic carbocycles. The quantitative estimate of drug-likeness (QED) is 0.895. The van der Waals surface area contributed by atoms with Gasteiger partial charge in [0.1, 0.15) is 0 Å². The third-order valence-electron chi connectivity index (χ3n) is 5.66. The molecule has 1 aliphatic heterocycles. The largest absolute Gasteiger partial charge is 0.310 e. The monoisotopic (exact) mass is 351 g/mol. The molecule has 2 aliphatic rings. The molecule has 1 unspecified atom stereocenters. The second kappa shape index (κ2) is 8.25. The Kier molecular flexibility index (Phi) is 5.58. The highest BCUT2D eigenvalue weighted by Crippen LogP contribution is 2.31. The number of hydrogen-bond donors (Lipinski definition) is 1. The lowest BCUT2D eigenvalue weighted by Gasteiger charge is -2.38. The van der Waals surface area contributed by atoms with E-state index in [0.29, 0.717) is 12.1 Å². The number of fused-ring (bicyclic) bond motifs is 1. The number of aromatic nitrogens is 2. The lowest BCUT2D eigenvalue weighted by molar-refractivity contribution is 0.137. The fraction of sp³-hybridized carbons (Fsp3) is 0.524. The van der Waals surface area contributed by atoms with Gasteiger partial charge in [0.05, 0.1) is 17.4 Å². The Morgan fingerprint density at radius 1 is 1.19 bits per heavy atom. The highest BCUT2D eigenvalue weighted by molar-refractivity contribution is 5.25. The molecule has 2 aromatic rings. The van der Waals surface area contributed by atoms with Crippen molar-refractivity contribution in [1.29, 1.82) is 0 Å². The van der Waals surface area contributed by atoms with Crippen LogP contribution in [0.5, 0.6) is 0 Å². The number of hydrogen-bond acceptors (Lipinski definition) is 5. The molecule has 4 rings (SSSR count). The molecule has 2 atom stereocenters. The summed E-state index contributed by atoms with van der Waals surface area (Å²) in [4.78, 5) is 14.2. The van der Waals surface area contributed by atoms with Crippen LogP contribution in [0.15, 0.2) is 42.7 Å². The van der Waals surface area contributed by atoms with Crippen LogP contribution < -0.4 is 5.32 Å². The highest BCUT2D eigenvalue weighted by atomic mass is 15.2. The topological polar surface area (TPSA) is 44.3 Å². The fourth-order valence-corrected chi connectivity index (χ4v) is 4.37. The normalized spacial score (nSPS) is 23.8. The summed E-state index contributed by atoms with van der Waals surface area (Å²) in [5.41, 5.74) is 3.89. The zero-order chi connectivity index (χ0) is 17.8. The van der Waals surface area contributed by atoms with Gasteiger partial charge in [-0.2, -0.15) is 0 Å². The predicted molar refractivity (Wildman–Crippen MR) is 104 cm³/mol. The van der Waals surface area contributed by atoms with Crippen LogP contribution in [0.3, 0.4) is 0 Å². The first-order valence-electron chi connectivity index (χ1n) is 9.79. The van der Waals surface area contributed by atoms with E-state index < -0.39 is 0 Å². The minimum Gasteiger partial charge on any atom is -0.310 e. The molecule has 0 aromatic carbocycles. The van der Waals surface area contributed by atoms with Gasteiger partial charge in [-0.15, -0.1) is 0 Å². The average Bonchev–Trinajstić information content (AvgIpc) is 2.68.